The number of carbonyl (C=O) groups is 1. The summed E-state index contributed by atoms with van der Waals surface area (Å²) in [7, 11) is 0. The van der Waals surface area contributed by atoms with Gasteiger partial charge >= 0.3 is 0 Å². The SMILES string of the molecule is C[C@@H]1CN(C(=O)c2cc(Cl)ccn2)C[C@H](C)O1. The van der Waals surface area contributed by atoms with Gasteiger partial charge in [-0.3, -0.25) is 9.78 Å². The first-order chi connectivity index (χ1) is 8.06. The zero-order valence-corrected chi connectivity index (χ0v) is 10.6. The van der Waals surface area contributed by atoms with E-state index in [1.807, 2.05) is 13.8 Å². The number of aromatic nitrogens is 1. The molecule has 1 fully saturated rings. The number of morpholine rings is 1. The van der Waals surface area contributed by atoms with Crippen LogP contribution < -0.4 is 0 Å². The summed E-state index contributed by atoms with van der Waals surface area (Å²) in [6.45, 7) is 5.11. The molecule has 1 saturated heterocycles. The highest BCUT2D eigenvalue weighted by Gasteiger charge is 2.27. The molecule has 1 aliphatic rings. The Labute approximate surface area is 106 Å². The van der Waals surface area contributed by atoms with E-state index in [0.717, 1.165) is 0 Å². The van der Waals surface area contributed by atoms with Crippen LogP contribution in [0.15, 0.2) is 18.3 Å². The minimum absolute atomic E-state index is 0.0573. The first-order valence-electron chi connectivity index (χ1n) is 5.62. The van der Waals surface area contributed by atoms with Gasteiger partial charge in [0.05, 0.1) is 12.2 Å². The van der Waals surface area contributed by atoms with Gasteiger partial charge in [-0.25, -0.2) is 0 Å². The summed E-state index contributed by atoms with van der Waals surface area (Å²) in [5.41, 5.74) is 0.388. The second-order valence-electron chi connectivity index (χ2n) is 4.33. The molecule has 92 valence electrons. The van der Waals surface area contributed by atoms with Gasteiger partial charge in [0.25, 0.3) is 5.91 Å². The average molecular weight is 255 g/mol. The van der Waals surface area contributed by atoms with E-state index < -0.39 is 0 Å². The smallest absolute Gasteiger partial charge is 0.272 e. The summed E-state index contributed by atoms with van der Waals surface area (Å²) in [5, 5.41) is 0.526. The van der Waals surface area contributed by atoms with Crippen molar-refractivity contribution in [3.63, 3.8) is 0 Å². The number of hydrogen-bond donors (Lipinski definition) is 0. The van der Waals surface area contributed by atoms with Gasteiger partial charge in [-0.05, 0) is 26.0 Å². The molecule has 2 rings (SSSR count). The first kappa shape index (κ1) is 12.3. The number of ether oxygens (including phenoxy) is 1. The van der Waals surface area contributed by atoms with Crippen LogP contribution in [-0.2, 0) is 4.74 Å². The van der Waals surface area contributed by atoms with Crippen LogP contribution >= 0.6 is 11.6 Å². The quantitative estimate of drug-likeness (QED) is 0.770. The molecule has 17 heavy (non-hydrogen) atoms. The van der Waals surface area contributed by atoms with Crippen molar-refractivity contribution in [2.75, 3.05) is 13.1 Å². The highest BCUT2D eigenvalue weighted by Crippen LogP contribution is 2.15. The molecule has 1 aromatic rings. The third-order valence-electron chi connectivity index (χ3n) is 2.65. The normalized spacial score (nSPS) is 24.8. The molecule has 5 heteroatoms. The predicted molar refractivity (Wildman–Crippen MR) is 65.2 cm³/mol. The standard InChI is InChI=1S/C12H15ClN2O2/c1-8-6-15(7-9(2)17-8)12(16)11-5-10(13)3-4-14-11/h3-5,8-9H,6-7H2,1-2H3/t8-,9+. The van der Waals surface area contributed by atoms with E-state index in [-0.39, 0.29) is 18.1 Å². The van der Waals surface area contributed by atoms with E-state index in [1.165, 1.54) is 0 Å². The van der Waals surface area contributed by atoms with E-state index in [9.17, 15) is 4.79 Å². The number of amides is 1. The zero-order chi connectivity index (χ0) is 12.4. The van der Waals surface area contributed by atoms with Crippen molar-refractivity contribution in [1.82, 2.24) is 9.88 Å². The van der Waals surface area contributed by atoms with Crippen LogP contribution in [0, 0.1) is 0 Å². The minimum atomic E-state index is -0.0884. The fourth-order valence-electron chi connectivity index (χ4n) is 2.03. The molecule has 0 aliphatic carbocycles. The number of nitrogens with zero attached hydrogens (tertiary/aromatic N) is 2. The monoisotopic (exact) mass is 254 g/mol. The molecule has 0 bridgehead atoms. The van der Waals surface area contributed by atoms with Crippen molar-refractivity contribution < 1.29 is 9.53 Å². The van der Waals surface area contributed by atoms with Crippen molar-refractivity contribution in [2.24, 2.45) is 0 Å². The number of rotatable bonds is 1. The van der Waals surface area contributed by atoms with Crippen LogP contribution in [0.25, 0.3) is 0 Å². The van der Waals surface area contributed by atoms with Crippen LogP contribution in [0.5, 0.6) is 0 Å². The highest BCUT2D eigenvalue weighted by atomic mass is 35.5. The van der Waals surface area contributed by atoms with Gasteiger partial charge in [-0.15, -0.1) is 0 Å². The third-order valence-corrected chi connectivity index (χ3v) is 2.88. The van der Waals surface area contributed by atoms with Gasteiger partial charge in [-0.2, -0.15) is 0 Å². The van der Waals surface area contributed by atoms with Crippen molar-refractivity contribution in [3.8, 4) is 0 Å². The lowest BCUT2D eigenvalue weighted by Crippen LogP contribution is -2.48. The minimum Gasteiger partial charge on any atom is -0.372 e. The molecule has 4 nitrogen and oxygen atoms in total. The van der Waals surface area contributed by atoms with Gasteiger partial charge in [-0.1, -0.05) is 11.6 Å². The maximum Gasteiger partial charge on any atom is 0.272 e. The molecule has 0 spiro atoms. The lowest BCUT2D eigenvalue weighted by molar-refractivity contribution is -0.0587. The van der Waals surface area contributed by atoms with E-state index in [2.05, 4.69) is 4.98 Å². The molecule has 2 atom stereocenters. The Morgan fingerprint density at radius 3 is 2.71 bits per heavy atom. The summed E-state index contributed by atoms with van der Waals surface area (Å²) in [6, 6.07) is 3.25. The van der Waals surface area contributed by atoms with Crippen LogP contribution in [0.2, 0.25) is 5.02 Å². The Morgan fingerprint density at radius 2 is 2.12 bits per heavy atom. The predicted octanol–water partition coefficient (Wildman–Crippen LogP) is 1.98. The lowest BCUT2D eigenvalue weighted by atomic mass is 10.2. The molecule has 2 heterocycles. The van der Waals surface area contributed by atoms with Gasteiger partial charge in [0.15, 0.2) is 0 Å². The topological polar surface area (TPSA) is 42.4 Å². The molecule has 1 amide bonds. The van der Waals surface area contributed by atoms with Gasteiger partial charge in [0, 0.05) is 24.3 Å². The molecule has 0 saturated carbocycles. The number of halogens is 1. The number of hydrogen-bond acceptors (Lipinski definition) is 3. The lowest BCUT2D eigenvalue weighted by Gasteiger charge is -2.35. The summed E-state index contributed by atoms with van der Waals surface area (Å²) in [4.78, 5) is 18.0. The summed E-state index contributed by atoms with van der Waals surface area (Å²) >= 11 is 5.85. The Kier molecular flexibility index (Phi) is 3.64. The highest BCUT2D eigenvalue weighted by molar-refractivity contribution is 6.30. The van der Waals surface area contributed by atoms with Crippen molar-refractivity contribution in [3.05, 3.63) is 29.0 Å². The van der Waals surface area contributed by atoms with E-state index in [4.69, 9.17) is 16.3 Å². The van der Waals surface area contributed by atoms with Crippen LogP contribution in [-0.4, -0.2) is 41.1 Å². The molecular weight excluding hydrogens is 240 g/mol. The van der Waals surface area contributed by atoms with Crippen LogP contribution in [0.3, 0.4) is 0 Å². The Morgan fingerprint density at radius 1 is 1.47 bits per heavy atom. The Bertz CT molecular complexity index is 415. The average Bonchev–Trinajstić information content (AvgIpc) is 2.26. The zero-order valence-electron chi connectivity index (χ0n) is 9.89. The Balaban J connectivity index is 2.14. The maximum atomic E-state index is 12.2. The van der Waals surface area contributed by atoms with Gasteiger partial charge in [0.1, 0.15) is 5.69 Å². The summed E-state index contributed by atoms with van der Waals surface area (Å²) < 4.78 is 5.59. The van der Waals surface area contributed by atoms with E-state index in [0.29, 0.717) is 23.8 Å². The summed E-state index contributed by atoms with van der Waals surface area (Å²) in [6.07, 6.45) is 1.66. The number of carbonyl (C=O) groups excluding carboxylic acids is 1. The van der Waals surface area contributed by atoms with Gasteiger partial charge < -0.3 is 9.64 Å². The fraction of sp³-hybridized carbons (Fsp3) is 0.500. The van der Waals surface area contributed by atoms with Crippen LogP contribution in [0.1, 0.15) is 24.3 Å². The van der Waals surface area contributed by atoms with Crippen LogP contribution in [0.4, 0.5) is 0 Å². The second-order valence-corrected chi connectivity index (χ2v) is 4.76. The molecular formula is C12H15ClN2O2. The van der Waals surface area contributed by atoms with E-state index >= 15 is 0 Å². The molecule has 0 unspecified atom stereocenters. The van der Waals surface area contributed by atoms with Gasteiger partial charge in [0.2, 0.25) is 0 Å². The molecule has 1 aromatic heterocycles. The number of pyridine rings is 1. The van der Waals surface area contributed by atoms with Crippen molar-refractivity contribution in [2.45, 2.75) is 26.1 Å². The molecule has 0 N–H and O–H groups in total. The van der Waals surface area contributed by atoms with Crippen molar-refractivity contribution in [1.29, 1.82) is 0 Å². The second kappa shape index (κ2) is 5.02. The largest absolute Gasteiger partial charge is 0.372 e. The van der Waals surface area contributed by atoms with Crippen molar-refractivity contribution >= 4 is 17.5 Å². The summed E-state index contributed by atoms with van der Waals surface area (Å²) in [5.74, 6) is -0.0884. The maximum absolute atomic E-state index is 12.2. The third kappa shape index (κ3) is 2.96. The fourth-order valence-corrected chi connectivity index (χ4v) is 2.19. The molecule has 0 aromatic carbocycles. The first-order valence-corrected chi connectivity index (χ1v) is 6.00. The Hall–Kier alpha value is -1.13. The molecule has 1 aliphatic heterocycles. The molecule has 0 radical (unpaired) electrons. The van der Waals surface area contributed by atoms with E-state index in [1.54, 1.807) is 23.2 Å².